The molecule has 2 fully saturated rings. The van der Waals surface area contributed by atoms with Gasteiger partial charge in [-0.1, -0.05) is 6.07 Å². The van der Waals surface area contributed by atoms with E-state index in [9.17, 15) is 0 Å². The van der Waals surface area contributed by atoms with Gasteiger partial charge >= 0.3 is 0 Å². The third-order valence-electron chi connectivity index (χ3n) is 5.95. The highest BCUT2D eigenvalue weighted by Gasteiger charge is 2.20. The van der Waals surface area contributed by atoms with Gasteiger partial charge in [0.1, 0.15) is 12.4 Å². The molecular weight excluding hydrogens is 364 g/mol. The topological polar surface area (TPSA) is 59.5 Å². The van der Waals surface area contributed by atoms with Gasteiger partial charge in [0, 0.05) is 44.2 Å². The molecule has 0 radical (unpaired) electrons. The van der Waals surface area contributed by atoms with Crippen LogP contribution in [0.15, 0.2) is 43.0 Å². The van der Waals surface area contributed by atoms with Gasteiger partial charge in [0.25, 0.3) is 0 Å². The van der Waals surface area contributed by atoms with Crippen LogP contribution in [0.3, 0.4) is 0 Å². The number of nitrogens with one attached hydrogen (secondary N) is 1. The number of hydrogen-bond acceptors (Lipinski definition) is 6. The average Bonchev–Trinajstić information content (AvgIpc) is 3.30. The van der Waals surface area contributed by atoms with Crippen molar-refractivity contribution in [3.8, 4) is 5.75 Å². The number of rotatable bonds is 9. The minimum Gasteiger partial charge on any atom is -0.490 e. The van der Waals surface area contributed by atoms with Crippen LogP contribution in [-0.2, 0) is 11.3 Å². The van der Waals surface area contributed by atoms with E-state index in [1.54, 1.807) is 6.20 Å². The van der Waals surface area contributed by atoms with Gasteiger partial charge in [-0.25, -0.2) is 0 Å². The highest BCUT2D eigenvalue weighted by molar-refractivity contribution is 5.48. The van der Waals surface area contributed by atoms with E-state index in [1.807, 2.05) is 24.7 Å². The van der Waals surface area contributed by atoms with Gasteiger partial charge in [-0.2, -0.15) is 0 Å². The normalized spacial score (nSPS) is 20.1. The van der Waals surface area contributed by atoms with Crippen LogP contribution in [0.1, 0.15) is 37.7 Å². The Balaban J connectivity index is 1.16. The van der Waals surface area contributed by atoms with E-state index in [0.29, 0.717) is 12.6 Å². The Labute approximate surface area is 173 Å². The Morgan fingerprint density at radius 1 is 1.10 bits per heavy atom. The van der Waals surface area contributed by atoms with Gasteiger partial charge in [-0.15, -0.1) is 0 Å². The molecule has 29 heavy (non-hydrogen) atoms. The molecular formula is C23H32N4O2. The van der Waals surface area contributed by atoms with E-state index < -0.39 is 0 Å². The number of hydrogen-bond donors (Lipinski definition) is 1. The summed E-state index contributed by atoms with van der Waals surface area (Å²) in [4.78, 5) is 11.0. The number of anilines is 1. The lowest BCUT2D eigenvalue weighted by Gasteiger charge is -2.33. The molecule has 1 atom stereocenters. The number of pyridine rings is 2. The van der Waals surface area contributed by atoms with Crippen molar-refractivity contribution in [3.05, 3.63) is 48.5 Å². The summed E-state index contributed by atoms with van der Waals surface area (Å²) in [5, 5.41) is 3.47. The molecule has 0 spiro atoms. The summed E-state index contributed by atoms with van der Waals surface area (Å²) in [6.07, 6.45) is 13.4. The quantitative estimate of drug-likeness (QED) is 0.656. The highest BCUT2D eigenvalue weighted by atomic mass is 16.5. The predicted molar refractivity (Wildman–Crippen MR) is 114 cm³/mol. The van der Waals surface area contributed by atoms with Crippen LogP contribution < -0.4 is 15.0 Å². The molecule has 0 aliphatic carbocycles. The number of aromatic nitrogens is 2. The lowest BCUT2D eigenvalue weighted by molar-refractivity contribution is 0.103. The van der Waals surface area contributed by atoms with Crippen molar-refractivity contribution < 1.29 is 9.47 Å². The van der Waals surface area contributed by atoms with Crippen molar-refractivity contribution in [2.45, 2.75) is 44.8 Å². The van der Waals surface area contributed by atoms with Crippen LogP contribution in [-0.4, -0.2) is 48.9 Å². The molecule has 0 saturated carbocycles. The van der Waals surface area contributed by atoms with E-state index in [0.717, 1.165) is 56.5 Å². The molecule has 2 aromatic rings. The van der Waals surface area contributed by atoms with E-state index in [4.69, 9.17) is 9.47 Å². The van der Waals surface area contributed by atoms with Gasteiger partial charge in [0.15, 0.2) is 0 Å². The van der Waals surface area contributed by atoms with Crippen LogP contribution in [0.4, 0.5) is 5.69 Å². The van der Waals surface area contributed by atoms with Crippen molar-refractivity contribution in [2.24, 2.45) is 5.92 Å². The SMILES string of the molecule is c1cncc(COCCC2CCN(c3cncc(OCC4CCCN4)c3)CC2)c1. The van der Waals surface area contributed by atoms with Crippen molar-refractivity contribution in [2.75, 3.05) is 37.7 Å². The Morgan fingerprint density at radius 2 is 2.03 bits per heavy atom. The second-order valence-corrected chi connectivity index (χ2v) is 8.12. The van der Waals surface area contributed by atoms with E-state index >= 15 is 0 Å². The van der Waals surface area contributed by atoms with E-state index in [-0.39, 0.29) is 0 Å². The van der Waals surface area contributed by atoms with Gasteiger partial charge in [0.2, 0.25) is 0 Å². The second kappa shape index (κ2) is 10.6. The molecule has 2 aliphatic heterocycles. The van der Waals surface area contributed by atoms with Gasteiger partial charge in [-0.05, 0) is 56.2 Å². The van der Waals surface area contributed by atoms with Crippen molar-refractivity contribution in [1.82, 2.24) is 15.3 Å². The van der Waals surface area contributed by atoms with Crippen molar-refractivity contribution in [3.63, 3.8) is 0 Å². The summed E-state index contributed by atoms with van der Waals surface area (Å²) < 4.78 is 11.8. The lowest BCUT2D eigenvalue weighted by atomic mass is 9.94. The standard InChI is InChI=1S/C23H32N4O2/c1-3-20(14-24-8-1)17-28-12-7-19-5-10-27(11-6-19)22-13-23(16-25-15-22)29-18-21-4-2-9-26-21/h1,3,8,13-16,19,21,26H,2,4-7,9-12,17-18H2. The summed E-state index contributed by atoms with van der Waals surface area (Å²) in [5.41, 5.74) is 2.31. The van der Waals surface area contributed by atoms with Crippen LogP contribution in [0.25, 0.3) is 0 Å². The highest BCUT2D eigenvalue weighted by Crippen LogP contribution is 2.27. The Bertz CT molecular complexity index is 729. The molecule has 2 aliphatic rings. The first-order valence-corrected chi connectivity index (χ1v) is 10.9. The third kappa shape index (κ3) is 6.15. The predicted octanol–water partition coefficient (Wildman–Crippen LogP) is 3.43. The van der Waals surface area contributed by atoms with Gasteiger partial charge in [-0.3, -0.25) is 9.97 Å². The summed E-state index contributed by atoms with van der Waals surface area (Å²) in [6.45, 7) is 5.45. The first-order valence-electron chi connectivity index (χ1n) is 10.9. The van der Waals surface area contributed by atoms with Gasteiger partial charge < -0.3 is 19.7 Å². The Kier molecular flexibility index (Phi) is 7.32. The van der Waals surface area contributed by atoms with Crippen LogP contribution >= 0.6 is 0 Å². The molecule has 4 heterocycles. The monoisotopic (exact) mass is 396 g/mol. The molecule has 1 unspecified atom stereocenters. The summed E-state index contributed by atoms with van der Waals surface area (Å²) in [7, 11) is 0. The van der Waals surface area contributed by atoms with Crippen molar-refractivity contribution >= 4 is 5.69 Å². The molecule has 6 nitrogen and oxygen atoms in total. The van der Waals surface area contributed by atoms with Gasteiger partial charge in [0.05, 0.1) is 24.7 Å². The molecule has 0 bridgehead atoms. The fourth-order valence-electron chi connectivity index (χ4n) is 4.16. The largest absolute Gasteiger partial charge is 0.490 e. The fraction of sp³-hybridized carbons (Fsp3) is 0.565. The van der Waals surface area contributed by atoms with E-state index in [1.165, 1.54) is 31.4 Å². The van der Waals surface area contributed by atoms with Crippen LogP contribution in [0.5, 0.6) is 5.75 Å². The summed E-state index contributed by atoms with van der Waals surface area (Å²) >= 11 is 0. The first-order chi connectivity index (χ1) is 14.4. The molecule has 6 heteroatoms. The smallest absolute Gasteiger partial charge is 0.139 e. The molecule has 0 amide bonds. The van der Waals surface area contributed by atoms with Crippen LogP contribution in [0, 0.1) is 5.92 Å². The number of piperidine rings is 1. The maximum Gasteiger partial charge on any atom is 0.139 e. The molecule has 2 saturated heterocycles. The number of ether oxygens (including phenoxy) is 2. The average molecular weight is 397 g/mol. The second-order valence-electron chi connectivity index (χ2n) is 8.12. The minimum absolute atomic E-state index is 0.481. The molecule has 2 aromatic heterocycles. The zero-order valence-electron chi connectivity index (χ0n) is 17.1. The van der Waals surface area contributed by atoms with Crippen LogP contribution in [0.2, 0.25) is 0 Å². The Morgan fingerprint density at radius 3 is 2.83 bits per heavy atom. The fourth-order valence-corrected chi connectivity index (χ4v) is 4.16. The molecule has 4 rings (SSSR count). The molecule has 156 valence electrons. The van der Waals surface area contributed by atoms with Crippen molar-refractivity contribution in [1.29, 1.82) is 0 Å². The Hall–Kier alpha value is -2.18. The summed E-state index contributed by atoms with van der Waals surface area (Å²) in [6, 6.07) is 6.63. The molecule has 1 N–H and O–H groups in total. The molecule has 0 aromatic carbocycles. The maximum atomic E-state index is 5.97. The summed E-state index contributed by atoms with van der Waals surface area (Å²) in [5.74, 6) is 1.61. The third-order valence-corrected chi connectivity index (χ3v) is 5.95. The van der Waals surface area contributed by atoms with E-state index in [2.05, 4.69) is 32.3 Å². The zero-order chi connectivity index (χ0) is 19.7. The lowest BCUT2D eigenvalue weighted by Crippen LogP contribution is -2.34. The minimum atomic E-state index is 0.481. The zero-order valence-corrected chi connectivity index (χ0v) is 17.1. The maximum absolute atomic E-state index is 5.97. The first kappa shape index (κ1) is 20.1. The number of nitrogens with zero attached hydrogens (tertiary/aromatic N) is 3.